The zero-order valence-corrected chi connectivity index (χ0v) is 12.2. The van der Waals surface area contributed by atoms with Gasteiger partial charge < -0.3 is 10.6 Å². The van der Waals surface area contributed by atoms with Gasteiger partial charge in [0.25, 0.3) is 0 Å². The van der Waals surface area contributed by atoms with Crippen LogP contribution in [0.1, 0.15) is 25.3 Å². The molecule has 1 fully saturated rings. The van der Waals surface area contributed by atoms with Gasteiger partial charge in [0, 0.05) is 36.3 Å². The molecule has 5 nitrogen and oxygen atoms in total. The van der Waals surface area contributed by atoms with E-state index in [0.29, 0.717) is 5.82 Å². The number of amides is 1. The Morgan fingerprint density at radius 1 is 1.29 bits per heavy atom. The number of anilines is 2. The molecule has 0 aliphatic heterocycles. The van der Waals surface area contributed by atoms with Crippen LogP contribution in [0.2, 0.25) is 0 Å². The molecule has 0 spiro atoms. The largest absolute Gasteiger partial charge is 0.373 e. The second kappa shape index (κ2) is 5.52. The van der Waals surface area contributed by atoms with Crippen molar-refractivity contribution in [3.8, 4) is 0 Å². The molecule has 2 N–H and O–H groups in total. The van der Waals surface area contributed by atoms with Crippen LogP contribution in [0.5, 0.6) is 0 Å². The van der Waals surface area contributed by atoms with Gasteiger partial charge in [-0.2, -0.15) is 0 Å². The van der Waals surface area contributed by atoms with Crippen LogP contribution >= 0.6 is 0 Å². The highest BCUT2D eigenvalue weighted by Crippen LogP contribution is 2.31. The lowest BCUT2D eigenvalue weighted by Crippen LogP contribution is -2.14. The Morgan fingerprint density at radius 3 is 2.76 bits per heavy atom. The molecule has 0 radical (unpaired) electrons. The molecule has 1 saturated carbocycles. The predicted octanol–water partition coefficient (Wildman–Crippen LogP) is 3.05. The maximum absolute atomic E-state index is 11.9. The standard InChI is InChI=1S/C16H18N4O/c1-3-4-11-8-19-15(17-2)13-9-18-14(7-12(11)13)20-16(21)10-5-6-10/h3-4,7-10H,5-6H2,1-2H3,(H,17,19)(H,18,20,21). The summed E-state index contributed by atoms with van der Waals surface area (Å²) in [5.41, 5.74) is 1.01. The van der Waals surface area contributed by atoms with E-state index in [0.717, 1.165) is 35.0 Å². The second-order valence-electron chi connectivity index (χ2n) is 5.19. The molecule has 1 amide bonds. The molecule has 0 aromatic carbocycles. The number of rotatable bonds is 4. The summed E-state index contributed by atoms with van der Waals surface area (Å²) < 4.78 is 0. The van der Waals surface area contributed by atoms with E-state index >= 15 is 0 Å². The first-order chi connectivity index (χ1) is 10.2. The van der Waals surface area contributed by atoms with E-state index in [1.165, 1.54) is 0 Å². The van der Waals surface area contributed by atoms with Crippen LogP contribution in [0.25, 0.3) is 16.8 Å². The van der Waals surface area contributed by atoms with Gasteiger partial charge in [-0.1, -0.05) is 12.2 Å². The summed E-state index contributed by atoms with van der Waals surface area (Å²) >= 11 is 0. The van der Waals surface area contributed by atoms with Crippen molar-refractivity contribution in [1.82, 2.24) is 9.97 Å². The van der Waals surface area contributed by atoms with Crippen molar-refractivity contribution < 1.29 is 4.79 Å². The summed E-state index contributed by atoms with van der Waals surface area (Å²) in [6, 6.07) is 1.91. The number of pyridine rings is 2. The van der Waals surface area contributed by atoms with Gasteiger partial charge in [-0.3, -0.25) is 4.79 Å². The number of carbonyl (C=O) groups is 1. The van der Waals surface area contributed by atoms with E-state index in [4.69, 9.17) is 0 Å². The molecule has 1 aliphatic carbocycles. The summed E-state index contributed by atoms with van der Waals surface area (Å²) in [7, 11) is 1.83. The molecule has 3 rings (SSSR count). The second-order valence-corrected chi connectivity index (χ2v) is 5.19. The van der Waals surface area contributed by atoms with Crippen molar-refractivity contribution >= 4 is 34.4 Å². The molecule has 1 aliphatic rings. The van der Waals surface area contributed by atoms with Crippen LogP contribution < -0.4 is 10.6 Å². The predicted molar refractivity (Wildman–Crippen MR) is 85.1 cm³/mol. The van der Waals surface area contributed by atoms with E-state index in [1.807, 2.05) is 38.4 Å². The van der Waals surface area contributed by atoms with E-state index in [-0.39, 0.29) is 11.8 Å². The highest BCUT2D eigenvalue weighted by Gasteiger charge is 2.29. The molecule has 0 unspecified atom stereocenters. The van der Waals surface area contributed by atoms with Gasteiger partial charge in [-0.15, -0.1) is 0 Å². The summed E-state index contributed by atoms with van der Waals surface area (Å²) in [6.45, 7) is 1.97. The number of allylic oxidation sites excluding steroid dienone is 1. The van der Waals surface area contributed by atoms with Crippen LogP contribution in [-0.4, -0.2) is 22.9 Å². The lowest BCUT2D eigenvalue weighted by molar-refractivity contribution is -0.117. The maximum atomic E-state index is 11.9. The fourth-order valence-electron chi connectivity index (χ4n) is 2.31. The molecule has 0 bridgehead atoms. The van der Waals surface area contributed by atoms with Crippen LogP contribution in [-0.2, 0) is 4.79 Å². The fraction of sp³-hybridized carbons (Fsp3) is 0.312. The maximum Gasteiger partial charge on any atom is 0.228 e. The Kier molecular flexibility index (Phi) is 3.56. The third kappa shape index (κ3) is 2.72. The molecule has 21 heavy (non-hydrogen) atoms. The zero-order valence-electron chi connectivity index (χ0n) is 12.2. The number of carbonyl (C=O) groups excluding carboxylic acids is 1. The van der Waals surface area contributed by atoms with Gasteiger partial charge in [0.2, 0.25) is 5.91 Å². The molecule has 5 heteroatoms. The highest BCUT2D eigenvalue weighted by molar-refractivity contribution is 6.00. The minimum absolute atomic E-state index is 0.0670. The van der Waals surface area contributed by atoms with Crippen molar-refractivity contribution in [2.24, 2.45) is 5.92 Å². The first-order valence-corrected chi connectivity index (χ1v) is 7.13. The van der Waals surface area contributed by atoms with Gasteiger partial charge in [-0.05, 0) is 31.2 Å². The quantitative estimate of drug-likeness (QED) is 0.904. The molecule has 108 valence electrons. The van der Waals surface area contributed by atoms with Gasteiger partial charge in [0.1, 0.15) is 11.6 Å². The van der Waals surface area contributed by atoms with Crippen molar-refractivity contribution in [3.63, 3.8) is 0 Å². The minimum Gasteiger partial charge on any atom is -0.373 e. The van der Waals surface area contributed by atoms with Gasteiger partial charge in [-0.25, -0.2) is 9.97 Å². The van der Waals surface area contributed by atoms with Gasteiger partial charge in [0.05, 0.1) is 0 Å². The minimum atomic E-state index is 0.0670. The molecule has 2 aromatic rings. The highest BCUT2D eigenvalue weighted by atomic mass is 16.2. The molecule has 2 aromatic heterocycles. The van der Waals surface area contributed by atoms with E-state index in [2.05, 4.69) is 20.6 Å². The summed E-state index contributed by atoms with van der Waals surface area (Å²) in [5, 5.41) is 7.92. The van der Waals surface area contributed by atoms with Crippen molar-refractivity contribution in [1.29, 1.82) is 0 Å². The topological polar surface area (TPSA) is 66.9 Å². The number of nitrogens with zero attached hydrogens (tertiary/aromatic N) is 2. The Labute approximate surface area is 123 Å². The number of fused-ring (bicyclic) bond motifs is 1. The van der Waals surface area contributed by atoms with E-state index < -0.39 is 0 Å². The molecule has 0 saturated heterocycles. The monoisotopic (exact) mass is 282 g/mol. The first kappa shape index (κ1) is 13.5. The molecule has 2 heterocycles. The number of hydrogen-bond donors (Lipinski definition) is 2. The van der Waals surface area contributed by atoms with E-state index in [9.17, 15) is 4.79 Å². The molecule has 0 atom stereocenters. The van der Waals surface area contributed by atoms with Crippen LogP contribution in [0.4, 0.5) is 11.6 Å². The van der Waals surface area contributed by atoms with Crippen molar-refractivity contribution in [2.75, 3.05) is 17.7 Å². The smallest absolute Gasteiger partial charge is 0.228 e. The molecular formula is C16H18N4O. The normalized spacial score (nSPS) is 14.6. The average Bonchev–Trinajstić information content (AvgIpc) is 3.32. The summed E-state index contributed by atoms with van der Waals surface area (Å²) in [4.78, 5) is 20.6. The Bertz CT molecular complexity index is 720. The summed E-state index contributed by atoms with van der Waals surface area (Å²) in [5.74, 6) is 1.62. The SMILES string of the molecule is CC=Cc1cnc(NC)c2cnc(NC(=O)C3CC3)cc12. The van der Waals surface area contributed by atoms with Crippen molar-refractivity contribution in [3.05, 3.63) is 30.1 Å². The first-order valence-electron chi connectivity index (χ1n) is 7.13. The third-order valence-corrected chi connectivity index (χ3v) is 3.59. The van der Waals surface area contributed by atoms with Gasteiger partial charge in [0.15, 0.2) is 0 Å². The average molecular weight is 282 g/mol. The third-order valence-electron chi connectivity index (χ3n) is 3.59. The van der Waals surface area contributed by atoms with Gasteiger partial charge >= 0.3 is 0 Å². The Morgan fingerprint density at radius 2 is 2.10 bits per heavy atom. The van der Waals surface area contributed by atoms with Crippen LogP contribution in [0, 0.1) is 5.92 Å². The zero-order chi connectivity index (χ0) is 14.8. The molecular weight excluding hydrogens is 264 g/mol. The summed E-state index contributed by atoms with van der Waals surface area (Å²) in [6.07, 6.45) is 9.51. The van der Waals surface area contributed by atoms with Crippen molar-refractivity contribution in [2.45, 2.75) is 19.8 Å². The number of aromatic nitrogens is 2. The van der Waals surface area contributed by atoms with Crippen LogP contribution in [0.15, 0.2) is 24.5 Å². The van der Waals surface area contributed by atoms with E-state index in [1.54, 1.807) is 6.20 Å². The lowest BCUT2D eigenvalue weighted by Gasteiger charge is -2.10. The Balaban J connectivity index is 2.04. The Hall–Kier alpha value is -2.43. The number of nitrogens with one attached hydrogen (secondary N) is 2. The fourth-order valence-corrected chi connectivity index (χ4v) is 2.31. The lowest BCUT2D eigenvalue weighted by atomic mass is 10.1. The number of hydrogen-bond acceptors (Lipinski definition) is 4. The van der Waals surface area contributed by atoms with Crippen LogP contribution in [0.3, 0.4) is 0 Å².